The second kappa shape index (κ2) is 6.74. The molecule has 0 aliphatic carbocycles. The molecule has 1 fully saturated rings. The van der Waals surface area contributed by atoms with Crippen LogP contribution >= 0.6 is 0 Å². The molecule has 0 spiro atoms. The molecule has 0 bridgehead atoms. The van der Waals surface area contributed by atoms with Gasteiger partial charge >= 0.3 is 0 Å². The fourth-order valence-electron chi connectivity index (χ4n) is 2.79. The summed E-state index contributed by atoms with van der Waals surface area (Å²) in [6.07, 6.45) is 5.88. The van der Waals surface area contributed by atoms with E-state index in [0.717, 1.165) is 18.5 Å². The Morgan fingerprint density at radius 1 is 1.29 bits per heavy atom. The molecule has 8 heteroatoms. The topological polar surface area (TPSA) is 84.3 Å². The van der Waals surface area contributed by atoms with E-state index in [9.17, 15) is 13.2 Å². The number of aromatic nitrogens is 2. The Balaban J connectivity index is 1.66. The molecule has 7 nitrogen and oxygen atoms in total. The van der Waals surface area contributed by atoms with Crippen molar-refractivity contribution in [3.05, 3.63) is 48.3 Å². The van der Waals surface area contributed by atoms with Gasteiger partial charge in [0.15, 0.2) is 0 Å². The molecule has 1 aliphatic rings. The van der Waals surface area contributed by atoms with Gasteiger partial charge in [-0.25, -0.2) is 17.4 Å². The lowest BCUT2D eigenvalue weighted by Gasteiger charge is -2.31. The van der Waals surface area contributed by atoms with Crippen LogP contribution < -0.4 is 5.32 Å². The minimum absolute atomic E-state index is 0.180. The highest BCUT2D eigenvalue weighted by molar-refractivity contribution is 7.88. The molecule has 1 saturated heterocycles. The van der Waals surface area contributed by atoms with Crippen LogP contribution in [0.3, 0.4) is 0 Å². The van der Waals surface area contributed by atoms with E-state index in [4.69, 9.17) is 0 Å². The molecular weight excluding hydrogens is 328 g/mol. The average molecular weight is 348 g/mol. The molecule has 1 aromatic carbocycles. The molecule has 0 saturated carbocycles. The lowest BCUT2D eigenvalue weighted by atomic mass is 10.1. The van der Waals surface area contributed by atoms with Gasteiger partial charge in [0, 0.05) is 25.3 Å². The zero-order valence-electron chi connectivity index (χ0n) is 13.4. The van der Waals surface area contributed by atoms with Crippen molar-refractivity contribution in [2.45, 2.75) is 18.9 Å². The second-order valence-electron chi connectivity index (χ2n) is 5.94. The minimum Gasteiger partial charge on any atom is -0.348 e. The summed E-state index contributed by atoms with van der Waals surface area (Å²) >= 11 is 0. The van der Waals surface area contributed by atoms with Gasteiger partial charge in [-0.05, 0) is 25.0 Å². The minimum atomic E-state index is -3.23. The van der Waals surface area contributed by atoms with Crippen molar-refractivity contribution >= 4 is 15.9 Å². The Kier molecular flexibility index (Phi) is 4.68. The fraction of sp³-hybridized carbons (Fsp3) is 0.375. The summed E-state index contributed by atoms with van der Waals surface area (Å²) < 4.78 is 26.3. The van der Waals surface area contributed by atoms with Crippen molar-refractivity contribution in [1.82, 2.24) is 19.4 Å². The number of sulfonamides is 1. The van der Waals surface area contributed by atoms with E-state index in [1.165, 1.54) is 16.8 Å². The molecule has 1 aliphatic heterocycles. The lowest BCUT2D eigenvalue weighted by Crippen LogP contribution is -2.49. The summed E-state index contributed by atoms with van der Waals surface area (Å²) in [5.74, 6) is -0.238. The fourth-order valence-corrected chi connectivity index (χ4v) is 3.70. The summed E-state index contributed by atoms with van der Waals surface area (Å²) in [6, 6.07) is 9.34. The molecule has 1 atom stereocenters. The van der Waals surface area contributed by atoms with Gasteiger partial charge in [0.2, 0.25) is 10.0 Å². The van der Waals surface area contributed by atoms with Gasteiger partial charge in [0.05, 0.1) is 23.7 Å². The van der Waals surface area contributed by atoms with E-state index in [-0.39, 0.29) is 11.9 Å². The predicted octanol–water partition coefficient (Wildman–Crippen LogP) is 1.03. The van der Waals surface area contributed by atoms with Crippen LogP contribution in [-0.4, -0.2) is 53.8 Å². The number of piperidine rings is 1. The Labute approximate surface area is 141 Å². The second-order valence-corrected chi connectivity index (χ2v) is 7.93. The van der Waals surface area contributed by atoms with Crippen molar-refractivity contribution in [2.24, 2.45) is 0 Å². The molecule has 3 rings (SSSR count). The Bertz CT molecular complexity index is 817. The van der Waals surface area contributed by atoms with E-state index in [1.807, 2.05) is 30.3 Å². The van der Waals surface area contributed by atoms with Crippen LogP contribution in [0.25, 0.3) is 5.69 Å². The molecule has 128 valence electrons. The zero-order chi connectivity index (χ0) is 17.2. The van der Waals surface area contributed by atoms with Crippen molar-refractivity contribution < 1.29 is 13.2 Å². The maximum atomic E-state index is 12.4. The maximum absolute atomic E-state index is 12.4. The molecule has 1 amide bonds. The van der Waals surface area contributed by atoms with Crippen molar-refractivity contribution in [3.63, 3.8) is 0 Å². The van der Waals surface area contributed by atoms with Crippen molar-refractivity contribution in [3.8, 4) is 5.69 Å². The monoisotopic (exact) mass is 348 g/mol. The number of hydrogen-bond acceptors (Lipinski definition) is 4. The average Bonchev–Trinajstić information content (AvgIpc) is 3.05. The van der Waals surface area contributed by atoms with E-state index in [2.05, 4.69) is 10.4 Å². The highest BCUT2D eigenvalue weighted by atomic mass is 32.2. The first-order chi connectivity index (χ1) is 11.4. The molecule has 0 radical (unpaired) electrons. The summed E-state index contributed by atoms with van der Waals surface area (Å²) in [4.78, 5) is 12.4. The zero-order valence-corrected chi connectivity index (χ0v) is 14.2. The largest absolute Gasteiger partial charge is 0.348 e. The maximum Gasteiger partial charge on any atom is 0.254 e. The number of carbonyl (C=O) groups is 1. The highest BCUT2D eigenvalue weighted by Gasteiger charge is 2.27. The first-order valence-corrected chi connectivity index (χ1v) is 9.64. The van der Waals surface area contributed by atoms with Crippen molar-refractivity contribution in [1.29, 1.82) is 0 Å². The number of para-hydroxylation sites is 1. The third-order valence-electron chi connectivity index (χ3n) is 4.05. The number of carbonyl (C=O) groups excluding carboxylic acids is 1. The number of rotatable bonds is 4. The Morgan fingerprint density at radius 2 is 2.04 bits per heavy atom. The molecule has 1 aromatic heterocycles. The van der Waals surface area contributed by atoms with Gasteiger partial charge in [-0.1, -0.05) is 18.2 Å². The summed E-state index contributed by atoms with van der Waals surface area (Å²) in [5, 5.41) is 7.11. The molecule has 1 N–H and O–H groups in total. The van der Waals surface area contributed by atoms with Crippen LogP contribution in [0.15, 0.2) is 42.7 Å². The lowest BCUT2D eigenvalue weighted by molar-refractivity contribution is 0.0921. The first-order valence-electron chi connectivity index (χ1n) is 7.79. The first kappa shape index (κ1) is 16.7. The summed E-state index contributed by atoms with van der Waals surface area (Å²) in [5.41, 5.74) is 1.33. The summed E-state index contributed by atoms with van der Waals surface area (Å²) in [6.45, 7) is 0.828. The standard InChI is InChI=1S/C16H20N4O3S/c1-24(22,23)19-9-5-6-14(12-19)18-16(21)13-10-17-20(11-13)15-7-3-2-4-8-15/h2-4,7-8,10-11,14H,5-6,9,12H2,1H3,(H,18,21). The van der Waals surface area contributed by atoms with Gasteiger partial charge in [-0.2, -0.15) is 5.10 Å². The Morgan fingerprint density at radius 3 is 2.75 bits per heavy atom. The number of benzene rings is 1. The van der Waals surface area contributed by atoms with Crippen LogP contribution in [-0.2, 0) is 10.0 Å². The molecule has 2 aromatic rings. The third kappa shape index (κ3) is 3.82. The van der Waals surface area contributed by atoms with E-state index < -0.39 is 10.0 Å². The summed E-state index contributed by atoms with van der Waals surface area (Å²) in [7, 11) is -3.23. The van der Waals surface area contributed by atoms with Gasteiger partial charge in [-0.15, -0.1) is 0 Å². The van der Waals surface area contributed by atoms with E-state index in [0.29, 0.717) is 18.7 Å². The highest BCUT2D eigenvalue weighted by Crippen LogP contribution is 2.14. The number of nitrogens with zero attached hydrogens (tertiary/aromatic N) is 3. The smallest absolute Gasteiger partial charge is 0.254 e. The van der Waals surface area contributed by atoms with Gasteiger partial charge in [0.1, 0.15) is 0 Å². The van der Waals surface area contributed by atoms with Gasteiger partial charge in [0.25, 0.3) is 5.91 Å². The number of hydrogen-bond donors (Lipinski definition) is 1. The van der Waals surface area contributed by atoms with Crippen LogP contribution in [0.4, 0.5) is 0 Å². The third-order valence-corrected chi connectivity index (χ3v) is 5.32. The van der Waals surface area contributed by atoms with Crippen LogP contribution in [0.5, 0.6) is 0 Å². The predicted molar refractivity (Wildman–Crippen MR) is 90.5 cm³/mol. The molecule has 2 heterocycles. The number of amides is 1. The van der Waals surface area contributed by atoms with Gasteiger partial charge in [-0.3, -0.25) is 4.79 Å². The molecule has 1 unspecified atom stereocenters. The molecular formula is C16H20N4O3S. The molecule has 24 heavy (non-hydrogen) atoms. The normalized spacial score (nSPS) is 19.1. The van der Waals surface area contributed by atoms with E-state index in [1.54, 1.807) is 10.9 Å². The quantitative estimate of drug-likeness (QED) is 0.894. The Hall–Kier alpha value is -2.19. The van der Waals surface area contributed by atoms with Gasteiger partial charge < -0.3 is 5.32 Å². The van der Waals surface area contributed by atoms with Crippen LogP contribution in [0, 0.1) is 0 Å². The number of nitrogens with one attached hydrogen (secondary N) is 1. The van der Waals surface area contributed by atoms with Crippen LogP contribution in [0.1, 0.15) is 23.2 Å². The van der Waals surface area contributed by atoms with Crippen LogP contribution in [0.2, 0.25) is 0 Å². The van der Waals surface area contributed by atoms with E-state index >= 15 is 0 Å². The SMILES string of the molecule is CS(=O)(=O)N1CCCC(NC(=O)c2cnn(-c3ccccc3)c2)C1. The van der Waals surface area contributed by atoms with Crippen molar-refractivity contribution in [2.75, 3.05) is 19.3 Å².